The maximum atomic E-state index is 12.4. The molecular weight excluding hydrogens is 487 g/mol. The van der Waals surface area contributed by atoms with Crippen LogP contribution in [-0.4, -0.2) is 32.9 Å². The molecule has 3 aromatic rings. The average Bonchev–Trinajstić information content (AvgIpc) is 2.76. The number of thioether (sulfide) groups is 1. The lowest BCUT2D eigenvalue weighted by atomic mass is 10.1. The van der Waals surface area contributed by atoms with Crippen LogP contribution in [0.5, 0.6) is 0 Å². The zero-order valence-electron chi connectivity index (χ0n) is 17.3. The molecule has 0 unspecified atom stereocenters. The van der Waals surface area contributed by atoms with Crippen LogP contribution >= 0.6 is 35.0 Å². The Morgan fingerprint density at radius 2 is 1.62 bits per heavy atom. The second kappa shape index (κ2) is 11.1. The van der Waals surface area contributed by atoms with Crippen molar-refractivity contribution >= 4 is 56.6 Å². The van der Waals surface area contributed by atoms with Gasteiger partial charge in [0.1, 0.15) is 0 Å². The van der Waals surface area contributed by atoms with E-state index >= 15 is 0 Å². The fraction of sp³-hybridized carbons (Fsp3) is 0.174. The number of hydrogen-bond donors (Lipinski definition) is 1. The maximum Gasteiger partial charge on any atom is 0.251 e. The molecule has 0 aliphatic carbocycles. The summed E-state index contributed by atoms with van der Waals surface area (Å²) in [4.78, 5) is 13.5. The van der Waals surface area contributed by atoms with Crippen molar-refractivity contribution in [2.45, 2.75) is 11.4 Å². The smallest absolute Gasteiger partial charge is 0.251 e. The molecule has 0 aromatic heterocycles. The number of carbonyl (C=O) groups is 1. The molecule has 0 fully saturated rings. The highest BCUT2D eigenvalue weighted by Gasteiger charge is 2.19. The van der Waals surface area contributed by atoms with E-state index < -0.39 is 10.0 Å². The highest BCUT2D eigenvalue weighted by molar-refractivity contribution is 7.99. The molecule has 9 heteroatoms. The predicted octanol–water partition coefficient (Wildman–Crippen LogP) is 5.48. The fourth-order valence-electron chi connectivity index (χ4n) is 2.93. The fourth-order valence-corrected chi connectivity index (χ4v) is 4.89. The number of nitrogens with one attached hydrogen (secondary N) is 1. The van der Waals surface area contributed by atoms with Crippen LogP contribution in [0.2, 0.25) is 10.0 Å². The van der Waals surface area contributed by atoms with Crippen LogP contribution in [0, 0.1) is 0 Å². The van der Waals surface area contributed by atoms with E-state index in [-0.39, 0.29) is 12.5 Å². The molecule has 0 radical (unpaired) electrons. The van der Waals surface area contributed by atoms with Gasteiger partial charge in [0, 0.05) is 32.8 Å². The molecule has 0 heterocycles. The van der Waals surface area contributed by atoms with Crippen molar-refractivity contribution in [1.82, 2.24) is 5.32 Å². The van der Waals surface area contributed by atoms with Crippen LogP contribution in [0.4, 0.5) is 5.69 Å². The van der Waals surface area contributed by atoms with Crippen LogP contribution in [0.1, 0.15) is 15.9 Å². The first-order valence-electron chi connectivity index (χ1n) is 9.72. The Hall–Kier alpha value is -2.19. The lowest BCUT2D eigenvalue weighted by molar-refractivity contribution is 0.0956. The first-order valence-corrected chi connectivity index (χ1v) is 13.3. The molecule has 1 N–H and O–H groups in total. The highest BCUT2D eigenvalue weighted by atomic mass is 35.5. The molecular formula is C23H22Cl2N2O3S2. The van der Waals surface area contributed by atoms with Gasteiger partial charge in [-0.15, -0.1) is 11.8 Å². The molecule has 0 bridgehead atoms. The van der Waals surface area contributed by atoms with Gasteiger partial charge in [-0.25, -0.2) is 8.42 Å². The van der Waals surface area contributed by atoms with Crippen LogP contribution in [0.15, 0.2) is 77.7 Å². The summed E-state index contributed by atoms with van der Waals surface area (Å²) in [5.41, 5.74) is 1.61. The standard InChI is InChI=1S/C23H22Cl2N2O3S2/c1-32(29,30)27(16-18-4-2-3-5-22(18)25)20-10-6-17(7-11-20)23(28)26-14-15-31-21-12-8-19(24)9-13-21/h2-13H,14-16H2,1H3,(H,26,28). The summed E-state index contributed by atoms with van der Waals surface area (Å²) in [5, 5.41) is 4.05. The Bertz CT molecular complexity index is 1170. The van der Waals surface area contributed by atoms with Gasteiger partial charge in [-0.05, 0) is 60.2 Å². The Labute approximate surface area is 202 Å². The van der Waals surface area contributed by atoms with Crippen molar-refractivity contribution in [3.8, 4) is 0 Å². The molecule has 168 valence electrons. The Kier molecular flexibility index (Phi) is 8.48. The number of carbonyl (C=O) groups excluding carboxylic acids is 1. The molecule has 3 aromatic carbocycles. The summed E-state index contributed by atoms with van der Waals surface area (Å²) in [7, 11) is -3.55. The van der Waals surface area contributed by atoms with E-state index in [1.165, 1.54) is 4.31 Å². The zero-order valence-corrected chi connectivity index (χ0v) is 20.4. The van der Waals surface area contributed by atoms with Gasteiger partial charge in [0.15, 0.2) is 0 Å². The summed E-state index contributed by atoms with van der Waals surface area (Å²) in [6, 6.07) is 21.1. The van der Waals surface area contributed by atoms with Crippen LogP contribution in [0.25, 0.3) is 0 Å². The van der Waals surface area contributed by atoms with E-state index in [1.807, 2.05) is 24.3 Å². The van der Waals surface area contributed by atoms with E-state index in [2.05, 4.69) is 5.32 Å². The Morgan fingerprint density at radius 1 is 0.969 bits per heavy atom. The van der Waals surface area contributed by atoms with Gasteiger partial charge < -0.3 is 5.32 Å². The number of anilines is 1. The van der Waals surface area contributed by atoms with E-state index in [1.54, 1.807) is 60.3 Å². The van der Waals surface area contributed by atoms with Gasteiger partial charge in [0.05, 0.1) is 18.5 Å². The topological polar surface area (TPSA) is 66.5 Å². The molecule has 0 saturated heterocycles. The van der Waals surface area contributed by atoms with Crippen LogP contribution < -0.4 is 9.62 Å². The van der Waals surface area contributed by atoms with Crippen LogP contribution in [-0.2, 0) is 16.6 Å². The molecule has 3 rings (SSSR count). The molecule has 0 aliphatic heterocycles. The first-order chi connectivity index (χ1) is 15.2. The molecule has 0 aliphatic rings. The number of nitrogens with zero attached hydrogens (tertiary/aromatic N) is 1. The lowest BCUT2D eigenvalue weighted by Gasteiger charge is -2.23. The number of amides is 1. The van der Waals surface area contributed by atoms with Gasteiger partial charge >= 0.3 is 0 Å². The van der Waals surface area contributed by atoms with Gasteiger partial charge in [-0.1, -0.05) is 41.4 Å². The third kappa shape index (κ3) is 6.90. The van der Waals surface area contributed by atoms with E-state index in [4.69, 9.17) is 23.2 Å². The predicted molar refractivity (Wildman–Crippen MR) is 133 cm³/mol. The SMILES string of the molecule is CS(=O)(=O)N(Cc1ccccc1Cl)c1ccc(C(=O)NCCSc2ccc(Cl)cc2)cc1. The number of hydrogen-bond acceptors (Lipinski definition) is 4. The summed E-state index contributed by atoms with van der Waals surface area (Å²) in [5.74, 6) is 0.496. The zero-order chi connectivity index (χ0) is 23.1. The van der Waals surface area contributed by atoms with Crippen molar-refractivity contribution in [1.29, 1.82) is 0 Å². The highest BCUT2D eigenvalue weighted by Crippen LogP contribution is 2.24. The quantitative estimate of drug-likeness (QED) is 0.306. The van der Waals surface area contributed by atoms with E-state index in [0.29, 0.717) is 39.2 Å². The number of sulfonamides is 1. The van der Waals surface area contributed by atoms with Crippen molar-refractivity contribution in [2.75, 3.05) is 22.9 Å². The number of rotatable bonds is 9. The lowest BCUT2D eigenvalue weighted by Crippen LogP contribution is -2.29. The Balaban J connectivity index is 1.61. The first kappa shape index (κ1) is 24.5. The van der Waals surface area contributed by atoms with Crippen molar-refractivity contribution in [3.05, 3.63) is 94.0 Å². The van der Waals surface area contributed by atoms with Crippen molar-refractivity contribution in [2.24, 2.45) is 0 Å². The largest absolute Gasteiger partial charge is 0.351 e. The minimum atomic E-state index is -3.55. The third-order valence-electron chi connectivity index (χ3n) is 4.56. The summed E-state index contributed by atoms with van der Waals surface area (Å²) in [6.45, 7) is 0.599. The minimum absolute atomic E-state index is 0.103. The second-order valence-electron chi connectivity index (χ2n) is 6.97. The molecule has 5 nitrogen and oxygen atoms in total. The van der Waals surface area contributed by atoms with Gasteiger partial charge in [0.2, 0.25) is 10.0 Å². The molecule has 0 spiro atoms. The molecule has 0 atom stereocenters. The van der Waals surface area contributed by atoms with Gasteiger partial charge in [-0.3, -0.25) is 9.10 Å². The molecule has 32 heavy (non-hydrogen) atoms. The van der Waals surface area contributed by atoms with Gasteiger partial charge in [0.25, 0.3) is 5.91 Å². The van der Waals surface area contributed by atoms with Crippen LogP contribution in [0.3, 0.4) is 0 Å². The maximum absolute atomic E-state index is 12.4. The summed E-state index contributed by atoms with van der Waals surface area (Å²) >= 11 is 13.7. The number of halogens is 2. The summed E-state index contributed by atoms with van der Waals surface area (Å²) in [6.07, 6.45) is 1.14. The van der Waals surface area contributed by atoms with E-state index in [0.717, 1.165) is 11.2 Å². The summed E-state index contributed by atoms with van der Waals surface area (Å²) < 4.78 is 26.0. The average molecular weight is 509 g/mol. The Morgan fingerprint density at radius 3 is 2.25 bits per heavy atom. The van der Waals surface area contributed by atoms with Gasteiger partial charge in [-0.2, -0.15) is 0 Å². The van der Waals surface area contributed by atoms with Crippen molar-refractivity contribution in [3.63, 3.8) is 0 Å². The monoisotopic (exact) mass is 508 g/mol. The van der Waals surface area contributed by atoms with Crippen molar-refractivity contribution < 1.29 is 13.2 Å². The third-order valence-corrected chi connectivity index (χ3v) is 7.33. The number of benzene rings is 3. The molecule has 0 saturated carbocycles. The second-order valence-corrected chi connectivity index (χ2v) is 10.9. The normalized spacial score (nSPS) is 11.2. The minimum Gasteiger partial charge on any atom is -0.351 e. The molecule has 1 amide bonds. The van der Waals surface area contributed by atoms with E-state index in [9.17, 15) is 13.2 Å².